The minimum absolute atomic E-state index is 0.0225. The second-order valence-corrected chi connectivity index (χ2v) is 3.48. The smallest absolute Gasteiger partial charge is 0.252 e. The maximum atomic E-state index is 11.6. The van der Waals surface area contributed by atoms with Crippen molar-refractivity contribution in [1.82, 2.24) is 4.57 Å². The van der Waals surface area contributed by atoms with Gasteiger partial charge in [-0.3, -0.25) is 20.1 Å². The molecule has 1 aromatic heterocycles. The number of anilines is 1. The molecule has 2 rings (SSSR count). The molecule has 0 fully saturated rings. The number of nitrogens with zero attached hydrogens (tertiary/aromatic N) is 2. The van der Waals surface area contributed by atoms with Crippen molar-refractivity contribution in [2.45, 2.75) is 26.7 Å². The van der Waals surface area contributed by atoms with E-state index in [2.05, 4.69) is 10.3 Å². The van der Waals surface area contributed by atoms with Gasteiger partial charge in [0.15, 0.2) is 6.29 Å². The van der Waals surface area contributed by atoms with E-state index >= 15 is 0 Å². The van der Waals surface area contributed by atoms with E-state index in [0.29, 0.717) is 6.54 Å². The average molecular weight is 206 g/mol. The highest BCUT2D eigenvalue weighted by molar-refractivity contribution is 6.04. The summed E-state index contributed by atoms with van der Waals surface area (Å²) in [5.41, 5.74) is 7.48. The number of rotatable bonds is 1. The van der Waals surface area contributed by atoms with Crippen LogP contribution in [0.4, 0.5) is 5.82 Å². The Balaban J connectivity index is 2.68. The summed E-state index contributed by atoms with van der Waals surface area (Å²) < 4.78 is 1.66. The van der Waals surface area contributed by atoms with Gasteiger partial charge in [0.05, 0.1) is 0 Å². The van der Waals surface area contributed by atoms with Crippen LogP contribution in [-0.4, -0.2) is 16.6 Å². The fourth-order valence-corrected chi connectivity index (χ4v) is 1.79. The molecule has 0 spiro atoms. The molecule has 3 N–H and O–H groups in total. The third-order valence-corrected chi connectivity index (χ3v) is 2.51. The lowest BCUT2D eigenvalue weighted by Gasteiger charge is -2.24. The number of pyridine rings is 1. The van der Waals surface area contributed by atoms with E-state index < -0.39 is 6.29 Å². The Kier molecular flexibility index (Phi) is 2.32. The van der Waals surface area contributed by atoms with Crippen molar-refractivity contribution >= 4 is 11.5 Å². The fourth-order valence-electron chi connectivity index (χ4n) is 1.79. The summed E-state index contributed by atoms with van der Waals surface area (Å²) in [6.45, 7) is 4.44. The van der Waals surface area contributed by atoms with Crippen molar-refractivity contribution in [1.29, 1.82) is 0 Å². The second-order valence-electron chi connectivity index (χ2n) is 3.48. The summed E-state index contributed by atoms with van der Waals surface area (Å²) in [5, 5.41) is 3.00. The first-order chi connectivity index (χ1) is 7.13. The van der Waals surface area contributed by atoms with Crippen LogP contribution in [0.5, 0.6) is 0 Å². The van der Waals surface area contributed by atoms with Crippen LogP contribution in [0.2, 0.25) is 0 Å². The highest BCUT2D eigenvalue weighted by Gasteiger charge is 2.17. The Labute approximate surface area is 87.6 Å². The predicted octanol–water partition coefficient (Wildman–Crippen LogP) is 0.345. The number of fused-ring (bicyclic) bond motifs is 1. The van der Waals surface area contributed by atoms with Crippen molar-refractivity contribution in [3.63, 3.8) is 0 Å². The third kappa shape index (κ3) is 1.55. The van der Waals surface area contributed by atoms with E-state index in [0.717, 1.165) is 17.1 Å². The topological polar surface area (TPSA) is 72.4 Å². The molecule has 0 radical (unpaired) electrons. The van der Waals surface area contributed by atoms with Gasteiger partial charge in [-0.05, 0) is 19.9 Å². The van der Waals surface area contributed by atoms with Crippen molar-refractivity contribution < 1.29 is 0 Å². The Morgan fingerprint density at radius 2 is 2.33 bits per heavy atom. The maximum absolute atomic E-state index is 11.6. The van der Waals surface area contributed by atoms with Gasteiger partial charge >= 0.3 is 0 Å². The first-order valence-corrected chi connectivity index (χ1v) is 4.94. The third-order valence-electron chi connectivity index (χ3n) is 2.51. The highest BCUT2D eigenvalue weighted by Crippen LogP contribution is 2.19. The van der Waals surface area contributed by atoms with E-state index in [1.54, 1.807) is 16.7 Å². The molecule has 0 saturated carbocycles. The maximum Gasteiger partial charge on any atom is 0.252 e. The number of hydrogen-bond donors (Lipinski definition) is 2. The molecular weight excluding hydrogens is 192 g/mol. The second kappa shape index (κ2) is 3.51. The molecule has 2 heterocycles. The van der Waals surface area contributed by atoms with Gasteiger partial charge in [0.2, 0.25) is 0 Å². The van der Waals surface area contributed by atoms with Gasteiger partial charge in [0.1, 0.15) is 5.82 Å². The average Bonchev–Trinajstić information content (AvgIpc) is 2.17. The normalized spacial score (nSPS) is 19.1. The van der Waals surface area contributed by atoms with Gasteiger partial charge in [-0.1, -0.05) is 0 Å². The molecule has 1 unspecified atom stereocenters. The van der Waals surface area contributed by atoms with Crippen LogP contribution in [0.25, 0.3) is 0 Å². The minimum atomic E-state index is -0.461. The minimum Gasteiger partial charge on any atom is -0.337 e. The molecule has 1 aliphatic rings. The van der Waals surface area contributed by atoms with Gasteiger partial charge < -0.3 is 5.32 Å². The van der Waals surface area contributed by atoms with Crippen molar-refractivity contribution in [2.24, 2.45) is 10.7 Å². The Bertz CT molecular complexity index is 475. The van der Waals surface area contributed by atoms with E-state index in [9.17, 15) is 4.79 Å². The number of aromatic nitrogens is 1. The SMILES string of the molecule is CCn1c2c(ccc1=O)C(C)=NC(N)N2. The lowest BCUT2D eigenvalue weighted by Crippen LogP contribution is -2.36. The molecule has 0 saturated heterocycles. The van der Waals surface area contributed by atoms with Crippen LogP contribution < -0.4 is 16.6 Å². The zero-order valence-electron chi connectivity index (χ0n) is 8.82. The predicted molar refractivity (Wildman–Crippen MR) is 60.2 cm³/mol. The Morgan fingerprint density at radius 3 is 3.00 bits per heavy atom. The summed E-state index contributed by atoms with van der Waals surface area (Å²) in [5.74, 6) is 0.769. The Morgan fingerprint density at radius 1 is 1.60 bits per heavy atom. The standard InChI is InChI=1S/C10H14N4O/c1-3-14-8(15)5-4-7-6(2)12-10(11)13-9(7)14/h4-5,10,13H,3,11H2,1-2H3. The molecular formula is C10H14N4O. The monoisotopic (exact) mass is 206 g/mol. The summed E-state index contributed by atoms with van der Waals surface area (Å²) in [6.07, 6.45) is -0.461. The highest BCUT2D eigenvalue weighted by atomic mass is 16.1. The first-order valence-electron chi connectivity index (χ1n) is 4.94. The van der Waals surface area contributed by atoms with Crippen molar-refractivity contribution in [3.8, 4) is 0 Å². The van der Waals surface area contributed by atoms with Crippen molar-refractivity contribution in [2.75, 3.05) is 5.32 Å². The number of hydrogen-bond acceptors (Lipinski definition) is 4. The largest absolute Gasteiger partial charge is 0.337 e. The lowest BCUT2D eigenvalue weighted by molar-refractivity contribution is 0.698. The quantitative estimate of drug-likeness (QED) is 0.696. The molecule has 5 nitrogen and oxygen atoms in total. The van der Waals surface area contributed by atoms with Crippen LogP contribution in [0.1, 0.15) is 19.4 Å². The number of aliphatic imine (C=N–C) groups is 1. The number of nitrogens with two attached hydrogens (primary N) is 1. The van der Waals surface area contributed by atoms with Crippen LogP contribution in [-0.2, 0) is 6.54 Å². The van der Waals surface area contributed by atoms with Gasteiger partial charge in [-0.2, -0.15) is 0 Å². The van der Waals surface area contributed by atoms with Gasteiger partial charge in [0.25, 0.3) is 5.56 Å². The molecule has 0 aliphatic carbocycles. The summed E-state index contributed by atoms with van der Waals surface area (Å²) in [7, 11) is 0. The Hall–Kier alpha value is -1.62. The van der Waals surface area contributed by atoms with E-state index in [4.69, 9.17) is 5.73 Å². The molecule has 0 bridgehead atoms. The fraction of sp³-hybridized carbons (Fsp3) is 0.400. The molecule has 1 atom stereocenters. The van der Waals surface area contributed by atoms with E-state index in [1.165, 1.54) is 0 Å². The molecule has 5 heteroatoms. The van der Waals surface area contributed by atoms with Crippen LogP contribution in [0.15, 0.2) is 21.9 Å². The number of nitrogens with one attached hydrogen (secondary N) is 1. The molecule has 1 aromatic rings. The van der Waals surface area contributed by atoms with Gasteiger partial charge in [-0.25, -0.2) is 0 Å². The van der Waals surface area contributed by atoms with Gasteiger partial charge in [0, 0.05) is 23.9 Å². The molecule has 15 heavy (non-hydrogen) atoms. The van der Waals surface area contributed by atoms with Gasteiger partial charge in [-0.15, -0.1) is 0 Å². The van der Waals surface area contributed by atoms with E-state index in [1.807, 2.05) is 13.8 Å². The summed E-state index contributed by atoms with van der Waals surface area (Å²) in [6, 6.07) is 3.33. The molecule has 0 aromatic carbocycles. The molecule has 80 valence electrons. The molecule has 1 aliphatic heterocycles. The summed E-state index contributed by atoms with van der Waals surface area (Å²) >= 11 is 0. The van der Waals surface area contributed by atoms with E-state index in [-0.39, 0.29) is 5.56 Å². The zero-order valence-corrected chi connectivity index (χ0v) is 8.82. The lowest BCUT2D eigenvalue weighted by atomic mass is 10.1. The first kappa shape index (κ1) is 9.92. The van der Waals surface area contributed by atoms with Crippen molar-refractivity contribution in [3.05, 3.63) is 28.0 Å². The van der Waals surface area contributed by atoms with Crippen LogP contribution >= 0.6 is 0 Å². The van der Waals surface area contributed by atoms with Crippen LogP contribution in [0, 0.1) is 0 Å². The summed E-state index contributed by atoms with van der Waals surface area (Å²) in [4.78, 5) is 15.8. The van der Waals surface area contributed by atoms with Crippen LogP contribution in [0.3, 0.4) is 0 Å². The molecule has 0 amide bonds. The zero-order chi connectivity index (χ0) is 11.0.